The standard InChI is InChI=1S/C12H16N2O3/c1-9(2)13(3)12(15)8-10-4-6-11(7-5-10)14(16)17/h4-7,9H,8H2,1-3H3. The second-order valence-electron chi connectivity index (χ2n) is 4.20. The second kappa shape index (κ2) is 5.43. The van der Waals surface area contributed by atoms with E-state index in [2.05, 4.69) is 0 Å². The van der Waals surface area contributed by atoms with E-state index in [1.807, 2.05) is 13.8 Å². The predicted molar refractivity (Wildman–Crippen MR) is 64.7 cm³/mol. The number of non-ortho nitro benzene ring substituents is 1. The molecule has 0 radical (unpaired) electrons. The molecule has 1 amide bonds. The van der Waals surface area contributed by atoms with Crippen molar-refractivity contribution in [1.29, 1.82) is 0 Å². The topological polar surface area (TPSA) is 63.5 Å². The molecule has 0 atom stereocenters. The van der Waals surface area contributed by atoms with Crippen LogP contribution < -0.4 is 0 Å². The van der Waals surface area contributed by atoms with Crippen LogP contribution in [-0.2, 0) is 11.2 Å². The largest absolute Gasteiger partial charge is 0.343 e. The number of amides is 1. The third-order valence-corrected chi connectivity index (χ3v) is 2.67. The molecular weight excluding hydrogens is 220 g/mol. The molecule has 0 saturated heterocycles. The zero-order chi connectivity index (χ0) is 13.0. The molecule has 0 aromatic heterocycles. The van der Waals surface area contributed by atoms with E-state index in [4.69, 9.17) is 0 Å². The van der Waals surface area contributed by atoms with Crippen molar-refractivity contribution < 1.29 is 9.72 Å². The predicted octanol–water partition coefficient (Wildman–Crippen LogP) is 2.00. The highest BCUT2D eigenvalue weighted by Gasteiger charge is 2.13. The molecule has 5 nitrogen and oxygen atoms in total. The van der Waals surface area contributed by atoms with Gasteiger partial charge < -0.3 is 4.90 Å². The quantitative estimate of drug-likeness (QED) is 0.593. The Hall–Kier alpha value is -1.91. The first-order chi connectivity index (χ1) is 7.91. The number of likely N-dealkylation sites (N-methyl/N-ethyl adjacent to an activating group) is 1. The molecule has 0 aliphatic heterocycles. The Morgan fingerprint density at radius 2 is 1.88 bits per heavy atom. The van der Waals surface area contributed by atoms with Crippen LogP contribution in [0.25, 0.3) is 0 Å². The fourth-order valence-corrected chi connectivity index (χ4v) is 1.32. The Morgan fingerprint density at radius 1 is 1.35 bits per heavy atom. The normalized spacial score (nSPS) is 10.4. The highest BCUT2D eigenvalue weighted by Crippen LogP contribution is 2.13. The summed E-state index contributed by atoms with van der Waals surface area (Å²) in [5.41, 5.74) is 0.825. The lowest BCUT2D eigenvalue weighted by atomic mass is 10.1. The summed E-state index contributed by atoms with van der Waals surface area (Å²) in [7, 11) is 1.75. The highest BCUT2D eigenvalue weighted by molar-refractivity contribution is 5.78. The van der Waals surface area contributed by atoms with Crippen LogP contribution in [-0.4, -0.2) is 28.8 Å². The van der Waals surface area contributed by atoms with E-state index in [9.17, 15) is 14.9 Å². The van der Waals surface area contributed by atoms with Crippen molar-refractivity contribution in [1.82, 2.24) is 4.90 Å². The summed E-state index contributed by atoms with van der Waals surface area (Å²) in [5, 5.41) is 10.5. The minimum atomic E-state index is -0.453. The summed E-state index contributed by atoms with van der Waals surface area (Å²) >= 11 is 0. The van der Waals surface area contributed by atoms with Gasteiger partial charge in [0.2, 0.25) is 5.91 Å². The van der Waals surface area contributed by atoms with Gasteiger partial charge in [-0.15, -0.1) is 0 Å². The van der Waals surface area contributed by atoms with Crippen molar-refractivity contribution in [2.24, 2.45) is 0 Å². The number of nitrogens with zero attached hydrogens (tertiary/aromatic N) is 2. The van der Waals surface area contributed by atoms with Crippen LogP contribution in [0.5, 0.6) is 0 Å². The first-order valence-corrected chi connectivity index (χ1v) is 5.41. The van der Waals surface area contributed by atoms with Crippen molar-refractivity contribution in [2.75, 3.05) is 7.05 Å². The van der Waals surface area contributed by atoms with Crippen molar-refractivity contribution in [3.05, 3.63) is 39.9 Å². The molecule has 0 aliphatic rings. The number of rotatable bonds is 4. The first-order valence-electron chi connectivity index (χ1n) is 5.41. The summed E-state index contributed by atoms with van der Waals surface area (Å²) < 4.78 is 0. The Kier molecular flexibility index (Phi) is 4.20. The molecule has 0 aliphatic carbocycles. The van der Waals surface area contributed by atoms with Gasteiger partial charge in [0.25, 0.3) is 5.69 Å². The minimum absolute atomic E-state index is 0.00820. The smallest absolute Gasteiger partial charge is 0.269 e. The minimum Gasteiger partial charge on any atom is -0.343 e. The molecule has 0 N–H and O–H groups in total. The van der Waals surface area contributed by atoms with Crippen molar-refractivity contribution in [3.63, 3.8) is 0 Å². The van der Waals surface area contributed by atoms with Gasteiger partial charge in [0.15, 0.2) is 0 Å². The molecule has 92 valence electrons. The van der Waals surface area contributed by atoms with Crippen molar-refractivity contribution in [2.45, 2.75) is 26.3 Å². The van der Waals surface area contributed by atoms with Crippen molar-refractivity contribution in [3.8, 4) is 0 Å². The molecule has 1 rings (SSSR count). The third kappa shape index (κ3) is 3.55. The lowest BCUT2D eigenvalue weighted by molar-refractivity contribution is -0.384. The van der Waals surface area contributed by atoms with Crippen molar-refractivity contribution >= 4 is 11.6 Å². The van der Waals surface area contributed by atoms with Crippen LogP contribution in [0.15, 0.2) is 24.3 Å². The van der Waals surface area contributed by atoms with Gasteiger partial charge in [-0.25, -0.2) is 0 Å². The zero-order valence-corrected chi connectivity index (χ0v) is 10.2. The molecule has 1 aromatic carbocycles. The van der Waals surface area contributed by atoms with Crippen LogP contribution in [0.4, 0.5) is 5.69 Å². The van der Waals surface area contributed by atoms with E-state index in [0.29, 0.717) is 0 Å². The monoisotopic (exact) mass is 236 g/mol. The fraction of sp³-hybridized carbons (Fsp3) is 0.417. The van der Waals surface area contributed by atoms with Gasteiger partial charge in [-0.2, -0.15) is 0 Å². The molecule has 0 spiro atoms. The van der Waals surface area contributed by atoms with E-state index >= 15 is 0 Å². The van der Waals surface area contributed by atoms with Crippen LogP contribution in [0.1, 0.15) is 19.4 Å². The Labute approximate surface area is 100 Å². The highest BCUT2D eigenvalue weighted by atomic mass is 16.6. The molecule has 0 fully saturated rings. The average Bonchev–Trinajstić information content (AvgIpc) is 2.28. The number of carbonyl (C=O) groups is 1. The maximum Gasteiger partial charge on any atom is 0.269 e. The number of nitro groups is 1. The van der Waals surface area contributed by atoms with Crippen LogP contribution in [0, 0.1) is 10.1 Å². The van der Waals surface area contributed by atoms with Gasteiger partial charge in [-0.3, -0.25) is 14.9 Å². The average molecular weight is 236 g/mol. The first kappa shape index (κ1) is 13.2. The van der Waals surface area contributed by atoms with E-state index < -0.39 is 4.92 Å². The molecule has 0 heterocycles. The summed E-state index contributed by atoms with van der Waals surface area (Å²) in [4.78, 5) is 23.4. The zero-order valence-electron chi connectivity index (χ0n) is 10.2. The number of carbonyl (C=O) groups excluding carboxylic acids is 1. The summed E-state index contributed by atoms with van der Waals surface area (Å²) in [5.74, 6) is 0.00820. The van der Waals surface area contributed by atoms with E-state index in [1.165, 1.54) is 12.1 Å². The fourth-order valence-electron chi connectivity index (χ4n) is 1.32. The number of nitro benzene ring substituents is 1. The molecular formula is C12H16N2O3. The SMILES string of the molecule is CC(C)N(C)C(=O)Cc1ccc([N+](=O)[O-])cc1. The van der Waals surface area contributed by atoms with Gasteiger partial charge in [0.05, 0.1) is 11.3 Å². The summed E-state index contributed by atoms with van der Waals surface area (Å²) in [6.45, 7) is 3.88. The maximum absolute atomic E-state index is 11.8. The third-order valence-electron chi connectivity index (χ3n) is 2.67. The lowest BCUT2D eigenvalue weighted by Gasteiger charge is -2.21. The molecule has 5 heteroatoms. The van der Waals surface area contributed by atoms with Crippen LogP contribution in [0.3, 0.4) is 0 Å². The Balaban J connectivity index is 2.70. The van der Waals surface area contributed by atoms with Gasteiger partial charge in [-0.1, -0.05) is 12.1 Å². The molecule has 0 bridgehead atoms. The van der Waals surface area contributed by atoms with E-state index in [-0.39, 0.29) is 24.1 Å². The Bertz CT molecular complexity index is 412. The number of hydrogen-bond acceptors (Lipinski definition) is 3. The molecule has 1 aromatic rings. The molecule has 0 saturated carbocycles. The van der Waals surface area contributed by atoms with E-state index in [1.54, 1.807) is 24.1 Å². The van der Waals surface area contributed by atoms with Gasteiger partial charge >= 0.3 is 0 Å². The maximum atomic E-state index is 11.8. The number of hydrogen-bond donors (Lipinski definition) is 0. The Morgan fingerprint density at radius 3 is 2.29 bits per heavy atom. The summed E-state index contributed by atoms with van der Waals surface area (Å²) in [6.07, 6.45) is 0.271. The van der Waals surface area contributed by atoms with Crippen LogP contribution >= 0.6 is 0 Å². The van der Waals surface area contributed by atoms with Gasteiger partial charge in [0.1, 0.15) is 0 Å². The van der Waals surface area contributed by atoms with Gasteiger partial charge in [0, 0.05) is 25.2 Å². The summed E-state index contributed by atoms with van der Waals surface area (Å²) in [6, 6.07) is 6.21. The number of benzene rings is 1. The lowest BCUT2D eigenvalue weighted by Crippen LogP contribution is -2.34. The second-order valence-corrected chi connectivity index (χ2v) is 4.20. The van der Waals surface area contributed by atoms with Gasteiger partial charge in [-0.05, 0) is 19.4 Å². The molecule has 17 heavy (non-hydrogen) atoms. The van der Waals surface area contributed by atoms with Crippen LogP contribution in [0.2, 0.25) is 0 Å². The molecule has 0 unspecified atom stereocenters. The van der Waals surface area contributed by atoms with E-state index in [0.717, 1.165) is 5.56 Å².